The third-order valence-electron chi connectivity index (χ3n) is 2.97. The molecule has 0 N–H and O–H groups in total. The van der Waals surface area contributed by atoms with Crippen molar-refractivity contribution in [1.82, 2.24) is 14.7 Å². The van der Waals surface area contributed by atoms with Crippen molar-refractivity contribution in [3.8, 4) is 0 Å². The summed E-state index contributed by atoms with van der Waals surface area (Å²) in [6.45, 7) is 12.2. The smallest absolute Gasteiger partial charge is 0.247 e. The first kappa shape index (κ1) is 15.0. The number of hydrogen-bond acceptors (Lipinski definition) is 2. The van der Waals surface area contributed by atoms with Crippen molar-refractivity contribution < 1.29 is 4.79 Å². The molecule has 1 aromatic rings. The van der Waals surface area contributed by atoms with Gasteiger partial charge in [-0.05, 0) is 19.9 Å². The van der Waals surface area contributed by atoms with Crippen LogP contribution in [0.4, 0.5) is 0 Å². The van der Waals surface area contributed by atoms with Gasteiger partial charge in [0.05, 0.1) is 5.69 Å². The van der Waals surface area contributed by atoms with E-state index in [0.29, 0.717) is 13.1 Å². The van der Waals surface area contributed by atoms with E-state index < -0.39 is 0 Å². The third kappa shape index (κ3) is 3.68. The standard InChI is InChI=1S/C15H21N3O/c1-6-10-18(11-7-2)15(19)9-8-14-12(3)16-17(5)13(14)4/h6-9H,1-2,10-11H2,3-5H3/b9-8+. The number of carbonyl (C=O) groups is 1. The first-order chi connectivity index (χ1) is 9.01. The molecule has 1 aromatic heterocycles. The van der Waals surface area contributed by atoms with Gasteiger partial charge in [-0.2, -0.15) is 5.10 Å². The second kappa shape index (κ2) is 6.73. The van der Waals surface area contributed by atoms with Gasteiger partial charge in [0.25, 0.3) is 0 Å². The summed E-state index contributed by atoms with van der Waals surface area (Å²) >= 11 is 0. The van der Waals surface area contributed by atoms with Crippen LogP contribution >= 0.6 is 0 Å². The molecule has 0 saturated heterocycles. The molecule has 0 unspecified atom stereocenters. The van der Waals surface area contributed by atoms with E-state index in [4.69, 9.17) is 0 Å². The molecule has 19 heavy (non-hydrogen) atoms. The quantitative estimate of drug-likeness (QED) is 0.580. The molecule has 4 heteroatoms. The molecule has 1 heterocycles. The molecule has 0 aliphatic heterocycles. The van der Waals surface area contributed by atoms with E-state index in [1.807, 2.05) is 31.7 Å². The van der Waals surface area contributed by atoms with Crippen molar-refractivity contribution >= 4 is 12.0 Å². The van der Waals surface area contributed by atoms with Crippen LogP contribution in [0, 0.1) is 13.8 Å². The predicted molar refractivity (Wildman–Crippen MR) is 78.7 cm³/mol. The zero-order chi connectivity index (χ0) is 14.4. The van der Waals surface area contributed by atoms with E-state index >= 15 is 0 Å². The van der Waals surface area contributed by atoms with E-state index in [1.54, 1.807) is 23.1 Å². The van der Waals surface area contributed by atoms with Crippen LogP contribution in [0.5, 0.6) is 0 Å². The lowest BCUT2D eigenvalue weighted by Crippen LogP contribution is -2.29. The van der Waals surface area contributed by atoms with Crippen LogP contribution in [-0.2, 0) is 11.8 Å². The summed E-state index contributed by atoms with van der Waals surface area (Å²) in [5.41, 5.74) is 2.96. The molecule has 0 aliphatic rings. The highest BCUT2D eigenvalue weighted by Crippen LogP contribution is 2.13. The summed E-state index contributed by atoms with van der Waals surface area (Å²) in [5.74, 6) is -0.0533. The van der Waals surface area contributed by atoms with E-state index in [-0.39, 0.29) is 5.91 Å². The maximum atomic E-state index is 12.0. The average molecular weight is 259 g/mol. The summed E-state index contributed by atoms with van der Waals surface area (Å²) in [6, 6.07) is 0. The molecule has 0 atom stereocenters. The van der Waals surface area contributed by atoms with Crippen LogP contribution in [0.3, 0.4) is 0 Å². The van der Waals surface area contributed by atoms with Gasteiger partial charge in [-0.15, -0.1) is 13.2 Å². The molecular formula is C15H21N3O. The molecular weight excluding hydrogens is 238 g/mol. The molecule has 102 valence electrons. The van der Waals surface area contributed by atoms with Crippen molar-refractivity contribution in [2.24, 2.45) is 7.05 Å². The lowest BCUT2D eigenvalue weighted by atomic mass is 10.2. The van der Waals surface area contributed by atoms with E-state index in [1.165, 1.54) is 0 Å². The minimum Gasteiger partial charge on any atom is -0.332 e. The minimum absolute atomic E-state index is 0.0533. The number of rotatable bonds is 6. The Hall–Kier alpha value is -2.10. The van der Waals surface area contributed by atoms with Crippen molar-refractivity contribution in [1.29, 1.82) is 0 Å². The van der Waals surface area contributed by atoms with E-state index in [0.717, 1.165) is 17.0 Å². The Morgan fingerprint density at radius 1 is 1.32 bits per heavy atom. The van der Waals surface area contributed by atoms with E-state index in [2.05, 4.69) is 18.3 Å². The first-order valence-corrected chi connectivity index (χ1v) is 6.20. The molecule has 0 spiro atoms. The number of aromatic nitrogens is 2. The summed E-state index contributed by atoms with van der Waals surface area (Å²) in [7, 11) is 1.89. The van der Waals surface area contributed by atoms with Gasteiger partial charge in [-0.1, -0.05) is 12.2 Å². The highest BCUT2D eigenvalue weighted by molar-refractivity contribution is 5.92. The maximum Gasteiger partial charge on any atom is 0.247 e. The largest absolute Gasteiger partial charge is 0.332 e. The third-order valence-corrected chi connectivity index (χ3v) is 2.97. The van der Waals surface area contributed by atoms with Crippen LogP contribution in [-0.4, -0.2) is 33.7 Å². The summed E-state index contributed by atoms with van der Waals surface area (Å²) in [4.78, 5) is 13.7. The Labute approximate surface area is 114 Å². The Bertz CT molecular complexity index is 502. The molecule has 1 rings (SSSR count). The van der Waals surface area contributed by atoms with Crippen LogP contribution in [0.2, 0.25) is 0 Å². The molecule has 4 nitrogen and oxygen atoms in total. The monoisotopic (exact) mass is 259 g/mol. The van der Waals surface area contributed by atoms with E-state index in [9.17, 15) is 4.79 Å². The number of amides is 1. The Morgan fingerprint density at radius 2 is 1.89 bits per heavy atom. The highest BCUT2D eigenvalue weighted by Gasteiger charge is 2.09. The van der Waals surface area contributed by atoms with Crippen LogP contribution in [0.25, 0.3) is 6.08 Å². The molecule has 0 bridgehead atoms. The fraction of sp³-hybridized carbons (Fsp3) is 0.333. The van der Waals surface area contributed by atoms with Crippen molar-refractivity contribution in [3.05, 3.63) is 48.3 Å². The maximum absolute atomic E-state index is 12.0. The van der Waals surface area contributed by atoms with Gasteiger partial charge in [0, 0.05) is 37.5 Å². The van der Waals surface area contributed by atoms with Gasteiger partial charge in [0.1, 0.15) is 0 Å². The molecule has 0 radical (unpaired) electrons. The van der Waals surface area contributed by atoms with Gasteiger partial charge in [0.15, 0.2) is 0 Å². The van der Waals surface area contributed by atoms with Crippen LogP contribution in [0.15, 0.2) is 31.4 Å². The number of nitrogens with zero attached hydrogens (tertiary/aromatic N) is 3. The van der Waals surface area contributed by atoms with Gasteiger partial charge < -0.3 is 4.90 Å². The zero-order valence-corrected chi connectivity index (χ0v) is 11.9. The fourth-order valence-corrected chi connectivity index (χ4v) is 1.86. The molecule has 0 fully saturated rings. The van der Waals surface area contributed by atoms with Gasteiger partial charge in [0.2, 0.25) is 5.91 Å². The molecule has 0 aliphatic carbocycles. The van der Waals surface area contributed by atoms with Crippen molar-refractivity contribution in [2.45, 2.75) is 13.8 Å². The van der Waals surface area contributed by atoms with Gasteiger partial charge in [-0.3, -0.25) is 9.48 Å². The zero-order valence-electron chi connectivity index (χ0n) is 11.9. The lowest BCUT2D eigenvalue weighted by molar-refractivity contribution is -0.124. The normalized spacial score (nSPS) is 10.7. The second-order valence-electron chi connectivity index (χ2n) is 4.36. The van der Waals surface area contributed by atoms with Gasteiger partial charge >= 0.3 is 0 Å². The molecule has 1 amide bonds. The number of aryl methyl sites for hydroxylation is 2. The van der Waals surface area contributed by atoms with Gasteiger partial charge in [-0.25, -0.2) is 0 Å². The SMILES string of the molecule is C=CCN(CC=C)C(=O)/C=C/c1c(C)nn(C)c1C. The summed E-state index contributed by atoms with van der Waals surface area (Å²) in [5, 5.41) is 4.31. The minimum atomic E-state index is -0.0533. The fourth-order valence-electron chi connectivity index (χ4n) is 1.86. The Kier molecular flexibility index (Phi) is 5.30. The predicted octanol–water partition coefficient (Wildman–Crippen LogP) is 2.25. The molecule has 0 saturated carbocycles. The Morgan fingerprint density at radius 3 is 2.32 bits per heavy atom. The first-order valence-electron chi connectivity index (χ1n) is 6.20. The number of hydrogen-bond donors (Lipinski definition) is 0. The number of carbonyl (C=O) groups excluding carboxylic acids is 1. The summed E-state index contributed by atoms with van der Waals surface area (Å²) < 4.78 is 1.81. The average Bonchev–Trinajstić information content (AvgIpc) is 2.61. The topological polar surface area (TPSA) is 38.1 Å². The summed E-state index contributed by atoms with van der Waals surface area (Å²) in [6.07, 6.45) is 6.80. The Balaban J connectivity index is 2.87. The second-order valence-corrected chi connectivity index (χ2v) is 4.36. The van der Waals surface area contributed by atoms with Crippen LogP contribution < -0.4 is 0 Å². The molecule has 0 aromatic carbocycles. The van der Waals surface area contributed by atoms with Crippen molar-refractivity contribution in [2.75, 3.05) is 13.1 Å². The lowest BCUT2D eigenvalue weighted by Gasteiger charge is -2.16. The highest BCUT2D eigenvalue weighted by atomic mass is 16.2. The van der Waals surface area contributed by atoms with Crippen LogP contribution in [0.1, 0.15) is 17.0 Å². The van der Waals surface area contributed by atoms with Crippen molar-refractivity contribution in [3.63, 3.8) is 0 Å².